The van der Waals surface area contributed by atoms with Crippen LogP contribution in [0.1, 0.15) is 18.4 Å². The lowest BCUT2D eigenvalue weighted by molar-refractivity contribution is -0.131. The Bertz CT molecular complexity index is 995. The van der Waals surface area contributed by atoms with Crippen LogP contribution in [0.5, 0.6) is 11.5 Å². The first-order chi connectivity index (χ1) is 13.7. The predicted molar refractivity (Wildman–Crippen MR) is 112 cm³/mol. The topological polar surface area (TPSA) is 51.7 Å². The molecule has 0 saturated carbocycles. The second-order valence-corrected chi connectivity index (χ2v) is 7.68. The van der Waals surface area contributed by atoms with Gasteiger partial charge in [-0.2, -0.15) is 0 Å². The Morgan fingerprint density at radius 1 is 1.39 bits per heavy atom. The number of ether oxygens (including phenoxy) is 2. The molecule has 2 heterocycles. The summed E-state index contributed by atoms with van der Waals surface area (Å²) in [4.78, 5) is 19.1. The molecule has 4 rings (SSSR count). The zero-order valence-electron chi connectivity index (χ0n) is 15.8. The van der Waals surface area contributed by atoms with E-state index in [1.54, 1.807) is 24.5 Å². The van der Waals surface area contributed by atoms with Gasteiger partial charge in [-0.3, -0.25) is 4.79 Å². The van der Waals surface area contributed by atoms with Crippen LogP contribution >= 0.6 is 11.3 Å². The van der Waals surface area contributed by atoms with E-state index in [1.807, 2.05) is 29.2 Å². The summed E-state index contributed by atoms with van der Waals surface area (Å²) in [5, 5.41) is 0.927. The summed E-state index contributed by atoms with van der Waals surface area (Å²) < 4.78 is 12.7. The quantitative estimate of drug-likeness (QED) is 0.591. The summed E-state index contributed by atoms with van der Waals surface area (Å²) in [6.07, 6.45) is 2.92. The lowest BCUT2D eigenvalue weighted by atomic mass is 10.1. The van der Waals surface area contributed by atoms with Crippen molar-refractivity contribution in [1.82, 2.24) is 9.88 Å². The summed E-state index contributed by atoms with van der Waals surface area (Å²) in [6.45, 7) is 5.21. The van der Waals surface area contributed by atoms with Crippen molar-refractivity contribution in [3.8, 4) is 22.1 Å². The third-order valence-corrected chi connectivity index (χ3v) is 5.86. The van der Waals surface area contributed by atoms with E-state index in [0.717, 1.165) is 26.4 Å². The minimum Gasteiger partial charge on any atom is -0.493 e. The van der Waals surface area contributed by atoms with Crippen molar-refractivity contribution in [2.75, 3.05) is 20.3 Å². The molecule has 0 N–H and O–H groups in total. The molecule has 0 saturated heterocycles. The molecule has 0 spiro atoms. The number of nitrogens with zero attached hydrogens (tertiary/aromatic N) is 2. The largest absolute Gasteiger partial charge is 0.493 e. The number of hydrogen-bond donors (Lipinski definition) is 0. The van der Waals surface area contributed by atoms with Gasteiger partial charge in [-0.15, -0.1) is 17.9 Å². The van der Waals surface area contributed by atoms with Crippen LogP contribution in [0.4, 0.5) is 0 Å². The number of rotatable bonds is 5. The first-order valence-corrected chi connectivity index (χ1v) is 10.1. The van der Waals surface area contributed by atoms with E-state index in [4.69, 9.17) is 14.5 Å². The van der Waals surface area contributed by atoms with Crippen molar-refractivity contribution in [3.05, 3.63) is 54.6 Å². The van der Waals surface area contributed by atoms with Gasteiger partial charge < -0.3 is 14.4 Å². The predicted octanol–water partition coefficient (Wildman–Crippen LogP) is 4.66. The summed E-state index contributed by atoms with van der Waals surface area (Å²) in [5.74, 6) is 1.50. The Morgan fingerprint density at radius 3 is 3.04 bits per heavy atom. The minimum absolute atomic E-state index is 0.112. The molecule has 0 atom stereocenters. The van der Waals surface area contributed by atoms with Crippen LogP contribution in [0.15, 0.2) is 49.1 Å². The van der Waals surface area contributed by atoms with Gasteiger partial charge in [0.25, 0.3) is 0 Å². The molecule has 6 heteroatoms. The molecule has 5 nitrogen and oxygen atoms in total. The van der Waals surface area contributed by atoms with Crippen LogP contribution in [0.25, 0.3) is 20.8 Å². The number of aromatic nitrogens is 1. The summed E-state index contributed by atoms with van der Waals surface area (Å²) in [6, 6.07) is 12.1. The smallest absolute Gasteiger partial charge is 0.223 e. The molecule has 0 radical (unpaired) electrons. The van der Waals surface area contributed by atoms with Crippen LogP contribution in [0, 0.1) is 0 Å². The van der Waals surface area contributed by atoms with E-state index in [2.05, 4.69) is 18.7 Å². The van der Waals surface area contributed by atoms with Gasteiger partial charge >= 0.3 is 0 Å². The van der Waals surface area contributed by atoms with Gasteiger partial charge in [0.05, 0.1) is 23.9 Å². The summed E-state index contributed by atoms with van der Waals surface area (Å²) >= 11 is 1.64. The molecule has 1 aliphatic rings. The number of fused-ring (bicyclic) bond motifs is 2. The first-order valence-electron chi connectivity index (χ1n) is 9.28. The maximum atomic E-state index is 12.5. The Morgan fingerprint density at radius 2 is 2.25 bits per heavy atom. The SMILES string of the molecule is C=CCCC(=O)N1CCOc2c(cc(-c3nc4ccccc4s3)cc2OC)C1. The molecule has 1 aromatic heterocycles. The Hall–Kier alpha value is -2.86. The highest BCUT2D eigenvalue weighted by atomic mass is 32.1. The fraction of sp³-hybridized carbons (Fsp3) is 0.273. The molecule has 0 bridgehead atoms. The number of para-hydroxylation sites is 1. The highest BCUT2D eigenvalue weighted by Gasteiger charge is 2.23. The maximum absolute atomic E-state index is 12.5. The zero-order chi connectivity index (χ0) is 19.5. The maximum Gasteiger partial charge on any atom is 0.223 e. The van der Waals surface area contributed by atoms with E-state index in [9.17, 15) is 4.79 Å². The number of allylic oxidation sites excluding steroid dienone is 1. The van der Waals surface area contributed by atoms with Gasteiger partial charge in [-0.05, 0) is 30.7 Å². The van der Waals surface area contributed by atoms with Crippen LogP contribution in [-0.2, 0) is 11.3 Å². The average Bonchev–Trinajstić information content (AvgIpc) is 3.04. The molecular formula is C22H22N2O3S. The number of amides is 1. The van der Waals surface area contributed by atoms with Gasteiger partial charge in [-0.25, -0.2) is 4.98 Å². The number of thiazole rings is 1. The molecule has 0 aliphatic carbocycles. The van der Waals surface area contributed by atoms with Crippen molar-refractivity contribution in [2.45, 2.75) is 19.4 Å². The minimum atomic E-state index is 0.112. The van der Waals surface area contributed by atoms with Crippen LogP contribution in [0.3, 0.4) is 0 Å². The highest BCUT2D eigenvalue weighted by Crippen LogP contribution is 2.40. The van der Waals surface area contributed by atoms with Crippen molar-refractivity contribution in [1.29, 1.82) is 0 Å². The molecule has 1 aliphatic heterocycles. The highest BCUT2D eigenvalue weighted by molar-refractivity contribution is 7.21. The van der Waals surface area contributed by atoms with Gasteiger partial charge in [-0.1, -0.05) is 18.2 Å². The average molecular weight is 394 g/mol. The van der Waals surface area contributed by atoms with E-state index >= 15 is 0 Å². The normalized spacial score (nSPS) is 13.5. The molecule has 0 unspecified atom stereocenters. The Balaban J connectivity index is 1.72. The van der Waals surface area contributed by atoms with Gasteiger partial charge in [0.1, 0.15) is 11.6 Å². The van der Waals surface area contributed by atoms with Gasteiger partial charge in [0.2, 0.25) is 5.91 Å². The third kappa shape index (κ3) is 3.60. The Kier molecular flexibility index (Phi) is 5.30. The van der Waals surface area contributed by atoms with Crippen molar-refractivity contribution in [3.63, 3.8) is 0 Å². The molecule has 0 fully saturated rings. The lowest BCUT2D eigenvalue weighted by Crippen LogP contribution is -2.32. The zero-order valence-corrected chi connectivity index (χ0v) is 16.6. The number of hydrogen-bond acceptors (Lipinski definition) is 5. The van der Waals surface area contributed by atoms with Crippen LogP contribution < -0.4 is 9.47 Å². The number of benzene rings is 2. The lowest BCUT2D eigenvalue weighted by Gasteiger charge is -2.20. The van der Waals surface area contributed by atoms with Crippen LogP contribution in [-0.4, -0.2) is 36.1 Å². The number of methoxy groups -OCH3 is 1. The Labute approximate surface area is 168 Å². The van der Waals surface area contributed by atoms with E-state index in [-0.39, 0.29) is 5.91 Å². The first kappa shape index (κ1) is 18.5. The van der Waals surface area contributed by atoms with Crippen molar-refractivity contribution in [2.24, 2.45) is 0 Å². The molecule has 1 amide bonds. The monoisotopic (exact) mass is 394 g/mol. The molecular weight excluding hydrogens is 372 g/mol. The second-order valence-electron chi connectivity index (χ2n) is 6.64. The fourth-order valence-electron chi connectivity index (χ4n) is 3.35. The van der Waals surface area contributed by atoms with E-state index < -0.39 is 0 Å². The second kappa shape index (κ2) is 8.02. The van der Waals surface area contributed by atoms with E-state index in [1.165, 1.54) is 0 Å². The summed E-state index contributed by atoms with van der Waals surface area (Å²) in [5.41, 5.74) is 2.90. The number of carbonyl (C=O) groups is 1. The standard InChI is InChI=1S/C22H22N2O3S/c1-3-4-9-20(25)24-10-11-27-21-16(14-24)12-15(13-18(21)26-2)22-23-17-7-5-6-8-19(17)28-22/h3,5-8,12-13H,1,4,9-11,14H2,2H3. The molecule has 28 heavy (non-hydrogen) atoms. The molecule has 3 aromatic rings. The fourth-order valence-corrected chi connectivity index (χ4v) is 4.30. The van der Waals surface area contributed by atoms with E-state index in [0.29, 0.717) is 44.0 Å². The third-order valence-electron chi connectivity index (χ3n) is 4.78. The van der Waals surface area contributed by atoms with Crippen LogP contribution in [0.2, 0.25) is 0 Å². The van der Waals surface area contributed by atoms with Crippen molar-refractivity contribution >= 4 is 27.5 Å². The summed E-state index contributed by atoms with van der Waals surface area (Å²) in [7, 11) is 1.64. The van der Waals surface area contributed by atoms with Gasteiger partial charge in [0.15, 0.2) is 11.5 Å². The van der Waals surface area contributed by atoms with Crippen molar-refractivity contribution < 1.29 is 14.3 Å². The molecule has 144 valence electrons. The number of carbonyl (C=O) groups excluding carboxylic acids is 1. The van der Waals surface area contributed by atoms with Gasteiger partial charge in [0, 0.05) is 24.1 Å². The molecule has 2 aromatic carbocycles.